The number of halogens is 3. The molecule has 3 nitrogen and oxygen atoms in total. The van der Waals surface area contributed by atoms with E-state index in [1.807, 2.05) is 0 Å². The summed E-state index contributed by atoms with van der Waals surface area (Å²) in [6.07, 6.45) is -5.81. The fourth-order valence-electron chi connectivity index (χ4n) is 0.178. The smallest absolute Gasteiger partial charge is 0.412 e. The number of allylic oxidation sites excluding steroid dienone is 1. The summed E-state index contributed by atoms with van der Waals surface area (Å²) in [6.45, 7) is 0. The zero-order valence-electron chi connectivity index (χ0n) is 4.68. The van der Waals surface area contributed by atoms with Gasteiger partial charge in [0.15, 0.2) is 0 Å². The van der Waals surface area contributed by atoms with Crippen molar-refractivity contribution in [2.45, 2.75) is 6.18 Å². The molecule has 1 amide bonds. The van der Waals surface area contributed by atoms with Gasteiger partial charge in [0.1, 0.15) is 6.26 Å². The molecule has 0 aliphatic carbocycles. The Morgan fingerprint density at radius 3 is 2.30 bits per heavy atom. The lowest BCUT2D eigenvalue weighted by molar-refractivity contribution is -0.0810. The van der Waals surface area contributed by atoms with Crippen molar-refractivity contribution in [2.24, 2.45) is 5.73 Å². The monoisotopic (exact) mass is 155 g/mol. The van der Waals surface area contributed by atoms with Crippen LogP contribution in [0, 0.1) is 0 Å². The van der Waals surface area contributed by atoms with Gasteiger partial charge in [-0.05, 0) is 0 Å². The summed E-state index contributed by atoms with van der Waals surface area (Å²) in [5, 5.41) is 0. The van der Waals surface area contributed by atoms with Crippen LogP contribution in [0.3, 0.4) is 0 Å². The molecule has 2 N–H and O–H groups in total. The first-order valence-corrected chi connectivity index (χ1v) is 2.12. The molecule has 0 atom stereocenters. The van der Waals surface area contributed by atoms with E-state index in [0.717, 1.165) is 0 Å². The Balaban J connectivity index is 3.67. The topological polar surface area (TPSA) is 52.3 Å². The molecular weight excluding hydrogens is 151 g/mol. The second kappa shape index (κ2) is 3.09. The Labute approximate surface area is 54.3 Å². The SMILES string of the molecule is NC(=O)O/C=C/C(F)(F)F. The molecule has 0 unspecified atom stereocenters. The van der Waals surface area contributed by atoms with Crippen molar-refractivity contribution in [3.8, 4) is 0 Å². The molecule has 58 valence electrons. The molecule has 0 heterocycles. The van der Waals surface area contributed by atoms with Crippen LogP contribution in [-0.4, -0.2) is 12.3 Å². The molecule has 0 rings (SSSR count). The Morgan fingerprint density at radius 1 is 1.50 bits per heavy atom. The normalized spacial score (nSPS) is 11.9. The van der Waals surface area contributed by atoms with Crippen LogP contribution in [0.5, 0.6) is 0 Å². The van der Waals surface area contributed by atoms with Crippen molar-refractivity contribution in [1.82, 2.24) is 0 Å². The largest absolute Gasteiger partial charge is 0.418 e. The third-order valence-electron chi connectivity index (χ3n) is 0.441. The van der Waals surface area contributed by atoms with Crippen LogP contribution in [0.2, 0.25) is 0 Å². The number of primary amides is 1. The van der Waals surface area contributed by atoms with Crippen LogP contribution in [0.4, 0.5) is 18.0 Å². The summed E-state index contributed by atoms with van der Waals surface area (Å²) in [4.78, 5) is 9.67. The van der Waals surface area contributed by atoms with Gasteiger partial charge >= 0.3 is 12.3 Å². The second-order valence-corrected chi connectivity index (χ2v) is 1.28. The standard InChI is InChI=1S/C4H4F3NO2/c5-4(6,7)1-2-10-3(8)9/h1-2H,(H2,8,9)/b2-1+. The minimum Gasteiger partial charge on any atom is -0.418 e. The molecule has 0 aliphatic rings. The number of ether oxygens (including phenoxy) is 1. The molecule has 0 aromatic heterocycles. The van der Waals surface area contributed by atoms with Gasteiger partial charge in [0.05, 0.1) is 6.08 Å². The van der Waals surface area contributed by atoms with Crippen LogP contribution in [-0.2, 0) is 4.74 Å². The van der Waals surface area contributed by atoms with E-state index in [2.05, 4.69) is 10.5 Å². The van der Waals surface area contributed by atoms with Crippen LogP contribution in [0.1, 0.15) is 0 Å². The zero-order chi connectivity index (χ0) is 8.20. The van der Waals surface area contributed by atoms with E-state index in [1.54, 1.807) is 0 Å². The van der Waals surface area contributed by atoms with Crippen molar-refractivity contribution in [3.63, 3.8) is 0 Å². The highest BCUT2D eigenvalue weighted by Gasteiger charge is 2.22. The van der Waals surface area contributed by atoms with Crippen LogP contribution in [0.25, 0.3) is 0 Å². The van der Waals surface area contributed by atoms with Gasteiger partial charge in [-0.1, -0.05) is 0 Å². The maximum atomic E-state index is 11.2. The average molecular weight is 155 g/mol. The van der Waals surface area contributed by atoms with Gasteiger partial charge in [0.25, 0.3) is 0 Å². The maximum Gasteiger partial charge on any atom is 0.412 e. The predicted octanol–water partition coefficient (Wildman–Crippen LogP) is 1.16. The lowest BCUT2D eigenvalue weighted by Crippen LogP contribution is -2.10. The van der Waals surface area contributed by atoms with Crippen molar-refractivity contribution in [2.75, 3.05) is 0 Å². The minimum absolute atomic E-state index is 0.183. The fourth-order valence-corrected chi connectivity index (χ4v) is 0.178. The number of nitrogens with two attached hydrogens (primary N) is 1. The molecule has 0 saturated heterocycles. The lowest BCUT2D eigenvalue weighted by atomic mass is 10.6. The van der Waals surface area contributed by atoms with E-state index < -0.39 is 12.3 Å². The Hall–Kier alpha value is -1.20. The molecular formula is C4H4F3NO2. The van der Waals surface area contributed by atoms with Gasteiger partial charge in [0, 0.05) is 0 Å². The number of carbonyl (C=O) groups is 1. The summed E-state index contributed by atoms with van der Waals surface area (Å²) < 4.78 is 37.2. The van der Waals surface area contributed by atoms with Gasteiger partial charge in [0.2, 0.25) is 0 Å². The van der Waals surface area contributed by atoms with E-state index in [-0.39, 0.29) is 12.3 Å². The fraction of sp³-hybridized carbons (Fsp3) is 0.250. The highest BCUT2D eigenvalue weighted by Crippen LogP contribution is 2.15. The highest BCUT2D eigenvalue weighted by molar-refractivity contribution is 5.65. The van der Waals surface area contributed by atoms with E-state index >= 15 is 0 Å². The quantitative estimate of drug-likeness (QED) is 0.577. The summed E-state index contributed by atoms with van der Waals surface area (Å²) >= 11 is 0. The van der Waals surface area contributed by atoms with Crippen molar-refractivity contribution in [1.29, 1.82) is 0 Å². The number of rotatable bonds is 1. The molecule has 0 radical (unpaired) electrons. The number of hydrogen-bond acceptors (Lipinski definition) is 2. The molecule has 0 bridgehead atoms. The number of carbonyl (C=O) groups excluding carboxylic acids is 1. The first kappa shape index (κ1) is 8.80. The Morgan fingerprint density at radius 2 is 2.00 bits per heavy atom. The number of amides is 1. The summed E-state index contributed by atoms with van der Waals surface area (Å²) in [6, 6.07) is 0. The van der Waals surface area contributed by atoms with Crippen molar-refractivity contribution < 1.29 is 22.7 Å². The summed E-state index contributed by atoms with van der Waals surface area (Å²) in [5.41, 5.74) is 4.34. The number of hydrogen-bond donors (Lipinski definition) is 1. The minimum atomic E-state index is -4.48. The van der Waals surface area contributed by atoms with E-state index in [1.165, 1.54) is 0 Å². The Bertz CT molecular complexity index is 151. The first-order valence-electron chi connectivity index (χ1n) is 2.12. The summed E-state index contributed by atoms with van der Waals surface area (Å²) in [7, 11) is 0. The molecule has 0 aliphatic heterocycles. The molecule has 0 aromatic rings. The zero-order valence-corrected chi connectivity index (χ0v) is 4.68. The van der Waals surface area contributed by atoms with Crippen LogP contribution in [0.15, 0.2) is 12.3 Å². The van der Waals surface area contributed by atoms with Gasteiger partial charge in [-0.15, -0.1) is 0 Å². The second-order valence-electron chi connectivity index (χ2n) is 1.28. The molecule has 6 heteroatoms. The van der Waals surface area contributed by atoms with Crippen molar-refractivity contribution in [3.05, 3.63) is 12.3 Å². The predicted molar refractivity (Wildman–Crippen MR) is 25.9 cm³/mol. The van der Waals surface area contributed by atoms with Gasteiger partial charge in [-0.3, -0.25) is 0 Å². The van der Waals surface area contributed by atoms with Crippen LogP contribution < -0.4 is 5.73 Å². The first-order chi connectivity index (χ1) is 4.42. The maximum absolute atomic E-state index is 11.2. The third-order valence-corrected chi connectivity index (χ3v) is 0.441. The van der Waals surface area contributed by atoms with E-state index in [4.69, 9.17) is 0 Å². The number of alkyl halides is 3. The Kier molecular flexibility index (Phi) is 2.72. The molecule has 0 saturated carbocycles. The van der Waals surface area contributed by atoms with Gasteiger partial charge in [-0.25, -0.2) is 4.79 Å². The van der Waals surface area contributed by atoms with E-state index in [0.29, 0.717) is 0 Å². The van der Waals surface area contributed by atoms with E-state index in [9.17, 15) is 18.0 Å². The van der Waals surface area contributed by atoms with Crippen molar-refractivity contribution >= 4 is 6.09 Å². The molecule has 0 spiro atoms. The molecule has 0 aromatic carbocycles. The van der Waals surface area contributed by atoms with Crippen LogP contribution >= 0.6 is 0 Å². The van der Waals surface area contributed by atoms with Gasteiger partial charge in [-0.2, -0.15) is 13.2 Å². The third kappa shape index (κ3) is 6.80. The summed E-state index contributed by atoms with van der Waals surface area (Å²) in [5.74, 6) is 0. The average Bonchev–Trinajstić information content (AvgIpc) is 1.59. The van der Waals surface area contributed by atoms with Gasteiger partial charge < -0.3 is 10.5 Å². The molecule has 10 heavy (non-hydrogen) atoms. The molecule has 0 fully saturated rings. The lowest BCUT2D eigenvalue weighted by Gasteiger charge is -1.95. The highest BCUT2D eigenvalue weighted by atomic mass is 19.4.